The fourth-order valence-electron chi connectivity index (χ4n) is 3.39. The number of halogens is 2. The van der Waals surface area contributed by atoms with Crippen molar-refractivity contribution in [3.05, 3.63) is 59.8 Å². The summed E-state index contributed by atoms with van der Waals surface area (Å²) in [7, 11) is 0. The number of nitrogens with zero attached hydrogens (tertiary/aromatic N) is 2. The van der Waals surface area contributed by atoms with E-state index in [1.807, 2.05) is 4.90 Å². The number of rotatable bonds is 4. The van der Waals surface area contributed by atoms with Gasteiger partial charge in [-0.25, -0.2) is 8.78 Å². The lowest BCUT2D eigenvalue weighted by molar-refractivity contribution is -0.118. The summed E-state index contributed by atoms with van der Waals surface area (Å²) in [5.74, 6) is -1.17. The van der Waals surface area contributed by atoms with Gasteiger partial charge in [0, 0.05) is 43.6 Å². The van der Waals surface area contributed by atoms with E-state index in [4.69, 9.17) is 0 Å². The fraction of sp³-hybridized carbons (Fsp3) is 0.200. The van der Waals surface area contributed by atoms with Gasteiger partial charge < -0.3 is 20.4 Å². The molecule has 2 aromatic rings. The van der Waals surface area contributed by atoms with Crippen molar-refractivity contribution in [3.8, 4) is 0 Å². The quantitative estimate of drug-likeness (QED) is 0.628. The lowest BCUT2D eigenvalue weighted by Gasteiger charge is -2.34. The van der Waals surface area contributed by atoms with Crippen molar-refractivity contribution in [3.63, 3.8) is 0 Å². The maximum atomic E-state index is 14.6. The van der Waals surface area contributed by atoms with E-state index >= 15 is 0 Å². The number of benzene rings is 2. The van der Waals surface area contributed by atoms with Crippen molar-refractivity contribution in [1.82, 2.24) is 4.90 Å². The molecule has 2 N–H and O–H groups in total. The van der Waals surface area contributed by atoms with Gasteiger partial charge >= 0.3 is 0 Å². The van der Waals surface area contributed by atoms with Crippen molar-refractivity contribution in [2.24, 2.45) is 0 Å². The second-order valence-electron chi connectivity index (χ2n) is 6.64. The first kappa shape index (κ1) is 18.0. The highest BCUT2D eigenvalue weighted by atomic mass is 19.1. The van der Waals surface area contributed by atoms with E-state index in [0.29, 0.717) is 54.4 Å². The van der Waals surface area contributed by atoms with Gasteiger partial charge in [-0.3, -0.25) is 9.59 Å². The van der Waals surface area contributed by atoms with Crippen LogP contribution in [0.5, 0.6) is 0 Å². The number of hydrogen-bond acceptors (Lipinski definition) is 4. The van der Waals surface area contributed by atoms with E-state index in [0.717, 1.165) is 6.41 Å². The van der Waals surface area contributed by atoms with Crippen LogP contribution >= 0.6 is 0 Å². The van der Waals surface area contributed by atoms with E-state index in [-0.39, 0.29) is 11.7 Å². The number of amides is 2. The van der Waals surface area contributed by atoms with Crippen LogP contribution in [-0.2, 0) is 9.59 Å². The van der Waals surface area contributed by atoms with E-state index in [9.17, 15) is 18.4 Å². The SMILES string of the molecule is O=CN1CCN(c2ccc(N/C=C3\C(=O)Nc4cc(F)ccc43)cc2F)CC1. The first-order valence-corrected chi connectivity index (χ1v) is 8.87. The number of anilines is 3. The molecular weight excluding hydrogens is 366 g/mol. The minimum Gasteiger partial charge on any atom is -0.366 e. The molecule has 0 aromatic heterocycles. The van der Waals surface area contributed by atoms with Crippen LogP contribution < -0.4 is 15.5 Å². The first-order valence-electron chi connectivity index (χ1n) is 8.87. The van der Waals surface area contributed by atoms with Crippen LogP contribution in [-0.4, -0.2) is 43.4 Å². The highest BCUT2D eigenvalue weighted by Crippen LogP contribution is 2.32. The van der Waals surface area contributed by atoms with Crippen molar-refractivity contribution in [2.75, 3.05) is 41.7 Å². The maximum Gasteiger partial charge on any atom is 0.257 e. The second kappa shape index (κ2) is 7.30. The summed E-state index contributed by atoms with van der Waals surface area (Å²) in [5, 5.41) is 5.53. The minimum atomic E-state index is -0.431. The van der Waals surface area contributed by atoms with Gasteiger partial charge in [-0.1, -0.05) is 0 Å². The van der Waals surface area contributed by atoms with Gasteiger partial charge in [0.15, 0.2) is 0 Å². The van der Waals surface area contributed by atoms with Crippen LogP contribution in [0.25, 0.3) is 5.57 Å². The average Bonchev–Trinajstić information content (AvgIpc) is 3.00. The zero-order chi connectivity index (χ0) is 19.7. The summed E-state index contributed by atoms with van der Waals surface area (Å²) >= 11 is 0. The molecule has 8 heteroatoms. The molecule has 4 rings (SSSR count). The normalized spacial score (nSPS) is 17.5. The predicted molar refractivity (Wildman–Crippen MR) is 103 cm³/mol. The zero-order valence-electron chi connectivity index (χ0n) is 14.9. The monoisotopic (exact) mass is 384 g/mol. The van der Waals surface area contributed by atoms with Gasteiger partial charge in [-0.05, 0) is 36.4 Å². The predicted octanol–water partition coefficient (Wildman–Crippen LogP) is 2.65. The molecule has 0 atom stereocenters. The molecule has 0 spiro atoms. The Balaban J connectivity index is 1.49. The summed E-state index contributed by atoms with van der Waals surface area (Å²) in [6.07, 6.45) is 2.29. The Morgan fingerprint density at radius 2 is 1.82 bits per heavy atom. The summed E-state index contributed by atoms with van der Waals surface area (Å²) in [5.41, 5.74) is 2.31. The third-order valence-corrected chi connectivity index (χ3v) is 4.90. The van der Waals surface area contributed by atoms with Crippen LogP contribution in [0.4, 0.5) is 25.8 Å². The van der Waals surface area contributed by atoms with Gasteiger partial charge in [-0.15, -0.1) is 0 Å². The van der Waals surface area contributed by atoms with Gasteiger partial charge in [0.1, 0.15) is 11.6 Å². The highest BCUT2D eigenvalue weighted by molar-refractivity contribution is 6.31. The molecular formula is C20H18F2N4O2. The topological polar surface area (TPSA) is 64.7 Å². The minimum absolute atomic E-state index is 0.349. The van der Waals surface area contributed by atoms with Crippen molar-refractivity contribution < 1.29 is 18.4 Å². The smallest absolute Gasteiger partial charge is 0.257 e. The second-order valence-corrected chi connectivity index (χ2v) is 6.64. The van der Waals surface area contributed by atoms with Crippen LogP contribution in [0.2, 0.25) is 0 Å². The molecule has 6 nitrogen and oxygen atoms in total. The summed E-state index contributed by atoms with van der Waals surface area (Å²) in [4.78, 5) is 26.4. The van der Waals surface area contributed by atoms with Gasteiger partial charge in [-0.2, -0.15) is 0 Å². The number of nitrogens with one attached hydrogen (secondary N) is 2. The van der Waals surface area contributed by atoms with Crippen LogP contribution in [0.3, 0.4) is 0 Å². The Kier molecular flexibility index (Phi) is 4.68. The third-order valence-electron chi connectivity index (χ3n) is 4.90. The molecule has 1 fully saturated rings. The van der Waals surface area contributed by atoms with E-state index in [2.05, 4.69) is 10.6 Å². The number of piperazine rings is 1. The molecule has 0 aliphatic carbocycles. The number of hydrogen-bond donors (Lipinski definition) is 2. The molecule has 28 heavy (non-hydrogen) atoms. The maximum absolute atomic E-state index is 14.6. The average molecular weight is 384 g/mol. The molecule has 0 saturated carbocycles. The molecule has 2 aliphatic rings. The van der Waals surface area contributed by atoms with Crippen LogP contribution in [0.1, 0.15) is 5.56 Å². The Hall–Kier alpha value is -3.42. The molecule has 144 valence electrons. The van der Waals surface area contributed by atoms with Gasteiger partial charge in [0.25, 0.3) is 5.91 Å². The van der Waals surface area contributed by atoms with E-state index in [1.54, 1.807) is 17.0 Å². The van der Waals surface area contributed by atoms with Crippen LogP contribution in [0.15, 0.2) is 42.6 Å². The largest absolute Gasteiger partial charge is 0.366 e. The molecule has 2 amide bonds. The molecule has 0 unspecified atom stereocenters. The molecule has 2 heterocycles. The molecule has 2 aromatic carbocycles. The third kappa shape index (κ3) is 3.40. The number of carbonyl (C=O) groups excluding carboxylic acids is 2. The summed E-state index contributed by atoms with van der Waals surface area (Å²) in [6, 6.07) is 8.82. The summed E-state index contributed by atoms with van der Waals surface area (Å²) in [6.45, 7) is 2.26. The molecule has 2 aliphatic heterocycles. The Morgan fingerprint density at radius 3 is 2.54 bits per heavy atom. The lowest BCUT2D eigenvalue weighted by Crippen LogP contribution is -2.46. The zero-order valence-corrected chi connectivity index (χ0v) is 14.9. The Labute approximate surface area is 160 Å². The fourth-order valence-corrected chi connectivity index (χ4v) is 3.39. The Bertz CT molecular complexity index is 969. The van der Waals surface area contributed by atoms with Gasteiger partial charge in [0.2, 0.25) is 6.41 Å². The van der Waals surface area contributed by atoms with E-state index < -0.39 is 5.82 Å². The lowest BCUT2D eigenvalue weighted by atomic mass is 10.1. The molecule has 0 bridgehead atoms. The van der Waals surface area contributed by atoms with Crippen molar-refractivity contribution in [2.45, 2.75) is 0 Å². The summed E-state index contributed by atoms with van der Waals surface area (Å²) < 4.78 is 27.9. The first-order chi connectivity index (χ1) is 13.5. The van der Waals surface area contributed by atoms with Gasteiger partial charge in [0.05, 0.1) is 16.9 Å². The van der Waals surface area contributed by atoms with Crippen molar-refractivity contribution >= 4 is 35.0 Å². The van der Waals surface area contributed by atoms with Crippen LogP contribution in [0, 0.1) is 11.6 Å². The molecule has 1 saturated heterocycles. The van der Waals surface area contributed by atoms with E-state index in [1.165, 1.54) is 30.5 Å². The highest BCUT2D eigenvalue weighted by Gasteiger charge is 2.24. The standard InChI is InChI=1S/C20H18F2N4O2/c21-13-1-3-15-16(20(28)24-18(15)9-13)11-23-14-2-4-19(17(22)10-14)26-7-5-25(12-27)6-8-26/h1-4,9-12,23H,5-8H2,(H,24,28)/b16-11-. The molecule has 0 radical (unpaired) electrons. The number of fused-ring (bicyclic) bond motifs is 1. The number of carbonyl (C=O) groups is 2. The Morgan fingerprint density at radius 1 is 1.04 bits per heavy atom. The van der Waals surface area contributed by atoms with Crippen molar-refractivity contribution in [1.29, 1.82) is 0 Å².